The molecule has 1 N–H and O–H groups in total. The molecular weight excluding hydrogens is 380 g/mol. The van der Waals surface area contributed by atoms with E-state index in [-0.39, 0.29) is 18.4 Å². The lowest BCUT2D eigenvalue weighted by Crippen LogP contribution is -2.51. The Balaban J connectivity index is 1.44. The van der Waals surface area contributed by atoms with Crippen LogP contribution in [0.25, 0.3) is 0 Å². The van der Waals surface area contributed by atoms with E-state index < -0.39 is 0 Å². The second kappa shape index (κ2) is 9.90. The molecule has 0 bridgehead atoms. The Hall–Kier alpha value is -3.37. The van der Waals surface area contributed by atoms with Gasteiger partial charge < -0.3 is 15.0 Å². The topological polar surface area (TPSA) is 85.7 Å². The Bertz CT molecular complexity index is 959. The number of anilines is 1. The van der Waals surface area contributed by atoms with E-state index in [0.717, 1.165) is 16.8 Å². The molecule has 30 heavy (non-hydrogen) atoms. The second-order valence-electron chi connectivity index (χ2n) is 7.35. The molecule has 1 aliphatic heterocycles. The maximum atomic E-state index is 12.4. The zero-order valence-electron chi connectivity index (χ0n) is 17.4. The first-order chi connectivity index (χ1) is 14.5. The number of nitriles is 1. The number of piperazine rings is 1. The number of rotatable bonds is 6. The van der Waals surface area contributed by atoms with E-state index in [4.69, 9.17) is 10.00 Å². The number of carbonyl (C=O) groups excluding carboxylic acids is 2. The number of benzene rings is 2. The van der Waals surface area contributed by atoms with Crippen LogP contribution in [0.3, 0.4) is 0 Å². The van der Waals surface area contributed by atoms with Gasteiger partial charge >= 0.3 is 0 Å². The molecule has 0 spiro atoms. The van der Waals surface area contributed by atoms with Crippen LogP contribution >= 0.6 is 0 Å². The zero-order chi connectivity index (χ0) is 21.5. The van der Waals surface area contributed by atoms with Gasteiger partial charge in [-0.25, -0.2) is 0 Å². The highest BCUT2D eigenvalue weighted by atomic mass is 16.5. The Morgan fingerprint density at radius 2 is 1.80 bits per heavy atom. The minimum absolute atomic E-state index is 0.0556. The minimum Gasteiger partial charge on any atom is -0.482 e. The van der Waals surface area contributed by atoms with Crippen LogP contribution in [0.1, 0.15) is 16.7 Å². The van der Waals surface area contributed by atoms with Crippen LogP contribution in [0.4, 0.5) is 5.69 Å². The fourth-order valence-electron chi connectivity index (χ4n) is 3.35. The molecule has 7 nitrogen and oxygen atoms in total. The predicted molar refractivity (Wildman–Crippen MR) is 114 cm³/mol. The number of ether oxygens (including phenoxy) is 1. The van der Waals surface area contributed by atoms with Crippen molar-refractivity contribution in [1.82, 2.24) is 9.80 Å². The minimum atomic E-state index is -0.123. The largest absolute Gasteiger partial charge is 0.482 e. The molecular formula is C23H26N4O3. The van der Waals surface area contributed by atoms with E-state index in [9.17, 15) is 9.59 Å². The molecule has 1 saturated heterocycles. The van der Waals surface area contributed by atoms with Gasteiger partial charge in [-0.3, -0.25) is 14.5 Å². The first-order valence-electron chi connectivity index (χ1n) is 9.96. The second-order valence-corrected chi connectivity index (χ2v) is 7.35. The maximum absolute atomic E-state index is 12.4. The van der Waals surface area contributed by atoms with E-state index >= 15 is 0 Å². The van der Waals surface area contributed by atoms with Crippen molar-refractivity contribution in [3.8, 4) is 11.8 Å². The highest BCUT2D eigenvalue weighted by Crippen LogP contribution is 2.18. The summed E-state index contributed by atoms with van der Waals surface area (Å²) in [6.45, 7) is 6.53. The summed E-state index contributed by atoms with van der Waals surface area (Å²) in [4.78, 5) is 28.6. The summed E-state index contributed by atoms with van der Waals surface area (Å²) in [6.07, 6.45) is 0. The lowest BCUT2D eigenvalue weighted by molar-refractivity contribution is -0.135. The summed E-state index contributed by atoms with van der Waals surface area (Å²) in [5, 5.41) is 12.1. The molecule has 2 amide bonds. The normalized spacial score (nSPS) is 14.1. The zero-order valence-corrected chi connectivity index (χ0v) is 17.4. The summed E-state index contributed by atoms with van der Waals surface area (Å²) in [6, 6.07) is 14.8. The summed E-state index contributed by atoms with van der Waals surface area (Å²) in [5.74, 6) is 0.234. The van der Waals surface area contributed by atoms with Gasteiger partial charge in [-0.1, -0.05) is 24.3 Å². The standard InChI is InChI=1S/C23H26N4O3/c1-17-6-5-8-20(18(17)2)25-22(28)15-26-10-12-27(13-11-26)23(29)16-30-21-9-4-3-7-19(21)14-24/h3-9H,10-13,15-16H2,1-2H3,(H,25,28). The molecule has 2 aromatic carbocycles. The van der Waals surface area contributed by atoms with Crippen molar-refractivity contribution in [1.29, 1.82) is 5.26 Å². The number of aryl methyl sites for hydroxylation is 1. The van der Waals surface area contributed by atoms with Crippen molar-refractivity contribution < 1.29 is 14.3 Å². The summed E-state index contributed by atoms with van der Waals surface area (Å²) in [5.41, 5.74) is 3.45. The molecule has 1 aliphatic rings. The third-order valence-electron chi connectivity index (χ3n) is 5.33. The first kappa shape index (κ1) is 21.3. The molecule has 0 radical (unpaired) electrons. The van der Waals surface area contributed by atoms with Gasteiger partial charge in [0.15, 0.2) is 6.61 Å². The fraction of sp³-hybridized carbons (Fsp3) is 0.348. The molecule has 2 aromatic rings. The van der Waals surface area contributed by atoms with Crippen molar-refractivity contribution in [3.05, 3.63) is 59.2 Å². The fourth-order valence-corrected chi connectivity index (χ4v) is 3.35. The van der Waals surface area contributed by atoms with Gasteiger partial charge in [0.05, 0.1) is 12.1 Å². The maximum Gasteiger partial charge on any atom is 0.260 e. The summed E-state index contributed by atoms with van der Waals surface area (Å²) < 4.78 is 5.53. The number of nitrogens with one attached hydrogen (secondary N) is 1. The SMILES string of the molecule is Cc1cccc(NC(=O)CN2CCN(C(=O)COc3ccccc3C#N)CC2)c1C. The van der Waals surface area contributed by atoms with Gasteiger partial charge in [0.2, 0.25) is 5.91 Å². The van der Waals surface area contributed by atoms with Gasteiger partial charge in [-0.15, -0.1) is 0 Å². The Kier molecular flexibility index (Phi) is 7.04. The third-order valence-corrected chi connectivity index (χ3v) is 5.33. The van der Waals surface area contributed by atoms with Crippen LogP contribution in [-0.4, -0.2) is 60.9 Å². The number of para-hydroxylation sites is 1. The number of hydrogen-bond acceptors (Lipinski definition) is 5. The van der Waals surface area contributed by atoms with Crippen LogP contribution in [0.5, 0.6) is 5.75 Å². The molecule has 0 aliphatic carbocycles. The van der Waals surface area contributed by atoms with Crippen LogP contribution in [0.2, 0.25) is 0 Å². The van der Waals surface area contributed by atoms with E-state index in [2.05, 4.69) is 11.4 Å². The number of nitrogens with zero attached hydrogens (tertiary/aromatic N) is 3. The third kappa shape index (κ3) is 5.37. The summed E-state index contributed by atoms with van der Waals surface area (Å²) in [7, 11) is 0. The van der Waals surface area contributed by atoms with Gasteiger partial charge in [-0.2, -0.15) is 5.26 Å². The van der Waals surface area contributed by atoms with E-state index in [0.29, 0.717) is 44.0 Å². The average Bonchev–Trinajstić information content (AvgIpc) is 2.76. The van der Waals surface area contributed by atoms with E-state index in [1.54, 1.807) is 29.2 Å². The Morgan fingerprint density at radius 3 is 2.53 bits per heavy atom. The molecule has 7 heteroatoms. The molecule has 0 unspecified atom stereocenters. The van der Waals surface area contributed by atoms with Gasteiger partial charge in [0.1, 0.15) is 11.8 Å². The smallest absolute Gasteiger partial charge is 0.260 e. The number of amides is 2. The van der Waals surface area contributed by atoms with Gasteiger partial charge in [0, 0.05) is 31.9 Å². The van der Waals surface area contributed by atoms with Crippen molar-refractivity contribution in [2.45, 2.75) is 13.8 Å². The van der Waals surface area contributed by atoms with Crippen LogP contribution in [0.15, 0.2) is 42.5 Å². The van der Waals surface area contributed by atoms with Crippen LogP contribution in [0, 0.1) is 25.2 Å². The van der Waals surface area contributed by atoms with Crippen molar-refractivity contribution in [2.75, 3.05) is 44.6 Å². The number of hydrogen-bond donors (Lipinski definition) is 1. The van der Waals surface area contributed by atoms with Crippen molar-refractivity contribution in [3.63, 3.8) is 0 Å². The first-order valence-corrected chi connectivity index (χ1v) is 9.96. The lowest BCUT2D eigenvalue weighted by Gasteiger charge is -2.34. The van der Waals surface area contributed by atoms with Crippen molar-refractivity contribution >= 4 is 17.5 Å². The molecule has 0 saturated carbocycles. The Morgan fingerprint density at radius 1 is 1.07 bits per heavy atom. The average molecular weight is 406 g/mol. The van der Waals surface area contributed by atoms with E-state index in [1.165, 1.54) is 0 Å². The van der Waals surface area contributed by atoms with Gasteiger partial charge in [0.25, 0.3) is 5.91 Å². The van der Waals surface area contributed by atoms with Gasteiger partial charge in [-0.05, 0) is 43.2 Å². The van der Waals surface area contributed by atoms with Crippen LogP contribution < -0.4 is 10.1 Å². The molecule has 0 atom stereocenters. The molecule has 1 fully saturated rings. The molecule has 1 heterocycles. The molecule has 3 rings (SSSR count). The summed E-state index contributed by atoms with van der Waals surface area (Å²) >= 11 is 0. The number of carbonyl (C=O) groups is 2. The quantitative estimate of drug-likeness (QED) is 0.796. The molecule has 0 aromatic heterocycles. The van der Waals surface area contributed by atoms with E-state index in [1.807, 2.05) is 36.9 Å². The highest BCUT2D eigenvalue weighted by Gasteiger charge is 2.23. The highest BCUT2D eigenvalue weighted by molar-refractivity contribution is 5.93. The molecule has 156 valence electrons. The van der Waals surface area contributed by atoms with Crippen molar-refractivity contribution in [2.24, 2.45) is 0 Å². The monoisotopic (exact) mass is 406 g/mol. The lowest BCUT2D eigenvalue weighted by atomic mass is 10.1. The predicted octanol–water partition coefficient (Wildman–Crippen LogP) is 2.34. The Labute approximate surface area is 176 Å². The van der Waals surface area contributed by atoms with Crippen LogP contribution in [-0.2, 0) is 9.59 Å².